The fraction of sp³-hybridized carbons (Fsp3) is 0.522. The lowest BCUT2D eigenvalue weighted by Crippen LogP contribution is -2.61. The molecule has 1 aromatic carbocycles. The van der Waals surface area contributed by atoms with Crippen molar-refractivity contribution >= 4 is 41.3 Å². The van der Waals surface area contributed by atoms with Crippen LogP contribution in [0.1, 0.15) is 51.5 Å². The average molecular weight is 446 g/mol. The first-order chi connectivity index (χ1) is 14.7. The average Bonchev–Trinajstić information content (AvgIpc) is 3.35. The lowest BCUT2D eigenvalue weighted by atomic mass is 9.94. The third-order valence-corrected chi connectivity index (χ3v) is 6.40. The van der Waals surface area contributed by atoms with Gasteiger partial charge in [-0.1, -0.05) is 44.9 Å². The van der Waals surface area contributed by atoms with Crippen molar-refractivity contribution in [3.63, 3.8) is 0 Å². The zero-order chi connectivity index (χ0) is 22.6. The van der Waals surface area contributed by atoms with Gasteiger partial charge in [-0.3, -0.25) is 9.59 Å². The van der Waals surface area contributed by atoms with E-state index >= 15 is 0 Å². The zero-order valence-corrected chi connectivity index (χ0v) is 18.9. The first-order valence-electron chi connectivity index (χ1n) is 10.8. The molecule has 0 saturated heterocycles. The number of carbonyl (C=O) groups is 3. The second-order valence-corrected chi connectivity index (χ2v) is 9.48. The highest BCUT2D eigenvalue weighted by molar-refractivity contribution is 7.81. The number of H-pyrrole nitrogens is 1. The number of carboxylic acid groups (broad SMARTS) is 1. The number of fused-ring (bicyclic) bond motifs is 1. The van der Waals surface area contributed by atoms with Gasteiger partial charge in [-0.25, -0.2) is 4.79 Å². The maximum atomic E-state index is 13.2. The number of rotatable bonds is 9. The van der Waals surface area contributed by atoms with Gasteiger partial charge in [0.15, 0.2) is 0 Å². The largest absolute Gasteiger partial charge is 0.480 e. The summed E-state index contributed by atoms with van der Waals surface area (Å²) in [5, 5.41) is 15.8. The molecule has 4 N–H and O–H groups in total. The molecule has 2 aromatic rings. The third-order valence-electron chi connectivity index (χ3n) is 5.95. The predicted octanol–water partition coefficient (Wildman–Crippen LogP) is 3.05. The Labute approximate surface area is 187 Å². The normalized spacial score (nSPS) is 17.4. The molecule has 0 unspecified atom stereocenters. The van der Waals surface area contributed by atoms with Crippen LogP contribution in [0.25, 0.3) is 10.9 Å². The number of aromatic nitrogens is 1. The highest BCUT2D eigenvalue weighted by atomic mass is 32.1. The summed E-state index contributed by atoms with van der Waals surface area (Å²) < 4.78 is 0. The molecule has 1 aliphatic carbocycles. The number of nitrogens with one attached hydrogen (secondary N) is 3. The van der Waals surface area contributed by atoms with E-state index in [9.17, 15) is 19.5 Å². The van der Waals surface area contributed by atoms with Gasteiger partial charge in [0, 0.05) is 23.5 Å². The summed E-state index contributed by atoms with van der Waals surface area (Å²) in [4.78, 5) is 41.0. The molecule has 1 heterocycles. The van der Waals surface area contributed by atoms with Gasteiger partial charge in [-0.15, -0.1) is 0 Å². The van der Waals surface area contributed by atoms with Crippen LogP contribution in [0.5, 0.6) is 0 Å². The monoisotopic (exact) mass is 445 g/mol. The number of thiol groups is 1. The van der Waals surface area contributed by atoms with Gasteiger partial charge in [0.2, 0.25) is 11.8 Å². The third kappa shape index (κ3) is 5.42. The molecule has 1 aromatic heterocycles. The molecule has 168 valence electrons. The van der Waals surface area contributed by atoms with Crippen molar-refractivity contribution in [2.24, 2.45) is 5.92 Å². The molecule has 2 amide bonds. The smallest absolute Gasteiger partial charge is 0.326 e. The first-order valence-corrected chi connectivity index (χ1v) is 11.3. The number of hydrogen-bond acceptors (Lipinski definition) is 4. The predicted molar refractivity (Wildman–Crippen MR) is 123 cm³/mol. The minimum atomic E-state index is -1.11. The van der Waals surface area contributed by atoms with Crippen LogP contribution in [-0.2, 0) is 20.8 Å². The molecule has 0 radical (unpaired) electrons. The number of para-hydroxylation sites is 1. The van der Waals surface area contributed by atoms with E-state index in [4.69, 9.17) is 0 Å². The molecule has 7 nitrogen and oxygen atoms in total. The lowest BCUT2D eigenvalue weighted by Gasteiger charge is -2.31. The summed E-state index contributed by atoms with van der Waals surface area (Å²) in [5.74, 6) is -1.52. The van der Waals surface area contributed by atoms with Crippen LogP contribution < -0.4 is 10.6 Å². The van der Waals surface area contributed by atoms with Crippen LogP contribution in [0, 0.1) is 5.92 Å². The van der Waals surface area contributed by atoms with E-state index in [0.717, 1.165) is 29.3 Å². The molecule has 0 aliphatic heterocycles. The number of amides is 2. The maximum absolute atomic E-state index is 13.2. The van der Waals surface area contributed by atoms with Crippen LogP contribution in [0.4, 0.5) is 0 Å². The van der Waals surface area contributed by atoms with Crippen molar-refractivity contribution in [2.75, 3.05) is 0 Å². The molecule has 1 aliphatic rings. The van der Waals surface area contributed by atoms with Crippen molar-refractivity contribution in [2.45, 2.75) is 69.2 Å². The summed E-state index contributed by atoms with van der Waals surface area (Å²) in [6.45, 7) is 4.02. The quantitative estimate of drug-likeness (QED) is 0.382. The fourth-order valence-electron chi connectivity index (χ4n) is 4.28. The van der Waals surface area contributed by atoms with Gasteiger partial charge in [0.25, 0.3) is 0 Å². The van der Waals surface area contributed by atoms with Crippen molar-refractivity contribution in [1.82, 2.24) is 15.6 Å². The molecule has 1 fully saturated rings. The van der Waals surface area contributed by atoms with E-state index < -0.39 is 28.7 Å². The highest BCUT2D eigenvalue weighted by Gasteiger charge is 2.44. The van der Waals surface area contributed by atoms with Crippen LogP contribution >= 0.6 is 12.6 Å². The molecule has 8 heteroatoms. The van der Waals surface area contributed by atoms with Gasteiger partial charge in [-0.2, -0.15) is 12.6 Å². The second kappa shape index (κ2) is 9.77. The van der Waals surface area contributed by atoms with E-state index in [0.29, 0.717) is 25.2 Å². The molecular formula is C23H31N3O4S. The Hall–Kier alpha value is -2.48. The van der Waals surface area contributed by atoms with Crippen molar-refractivity contribution in [3.8, 4) is 0 Å². The molecule has 31 heavy (non-hydrogen) atoms. The molecule has 1 saturated carbocycles. The fourth-order valence-corrected chi connectivity index (χ4v) is 4.76. The summed E-state index contributed by atoms with van der Waals surface area (Å²) in [7, 11) is 0. The van der Waals surface area contributed by atoms with E-state index in [1.54, 1.807) is 6.20 Å². The summed E-state index contributed by atoms with van der Waals surface area (Å²) in [6.07, 6.45) is 5.11. The summed E-state index contributed by atoms with van der Waals surface area (Å²) in [5.41, 5.74) is 0.654. The number of hydrogen-bond donors (Lipinski definition) is 5. The Morgan fingerprint density at radius 1 is 1.19 bits per heavy atom. The molecule has 3 rings (SSSR count). The van der Waals surface area contributed by atoms with E-state index in [1.807, 2.05) is 38.1 Å². The van der Waals surface area contributed by atoms with Crippen molar-refractivity contribution < 1.29 is 19.5 Å². The summed E-state index contributed by atoms with van der Waals surface area (Å²) in [6, 6.07) is 6.54. The standard InChI is InChI=1S/C23H31N3O4S/c1-14(2)11-19(31)20(27)26-23(9-5-6-10-23)22(30)25-18(21(28)29)12-15-13-24-17-8-4-3-7-16(15)17/h3-4,7-8,13-14,18-19,24,31H,5-6,9-12H2,1-2H3,(H,25,30)(H,26,27)(H,28,29)/t18-,19-/m0/s1. The van der Waals surface area contributed by atoms with Gasteiger partial charge in [-0.05, 0) is 36.8 Å². The molecular weight excluding hydrogens is 414 g/mol. The van der Waals surface area contributed by atoms with Crippen molar-refractivity contribution in [1.29, 1.82) is 0 Å². The number of carbonyl (C=O) groups excluding carboxylic acids is 2. The van der Waals surface area contributed by atoms with E-state index in [1.165, 1.54) is 0 Å². The van der Waals surface area contributed by atoms with E-state index in [2.05, 4.69) is 28.2 Å². The van der Waals surface area contributed by atoms with Crippen LogP contribution in [-0.4, -0.2) is 44.7 Å². The Morgan fingerprint density at radius 3 is 2.52 bits per heavy atom. The van der Waals surface area contributed by atoms with Crippen LogP contribution in [0.2, 0.25) is 0 Å². The van der Waals surface area contributed by atoms with Gasteiger partial charge < -0.3 is 20.7 Å². The first kappa shape index (κ1) is 23.2. The van der Waals surface area contributed by atoms with Gasteiger partial charge in [0.05, 0.1) is 5.25 Å². The number of benzene rings is 1. The Balaban J connectivity index is 1.74. The Kier molecular flexibility index (Phi) is 7.30. The highest BCUT2D eigenvalue weighted by Crippen LogP contribution is 2.31. The Morgan fingerprint density at radius 2 is 1.87 bits per heavy atom. The van der Waals surface area contributed by atoms with Crippen LogP contribution in [0.15, 0.2) is 30.5 Å². The van der Waals surface area contributed by atoms with Gasteiger partial charge >= 0.3 is 5.97 Å². The molecule has 0 spiro atoms. The zero-order valence-electron chi connectivity index (χ0n) is 18.0. The molecule has 2 atom stereocenters. The topological polar surface area (TPSA) is 111 Å². The second-order valence-electron chi connectivity index (χ2n) is 8.85. The van der Waals surface area contributed by atoms with Crippen LogP contribution in [0.3, 0.4) is 0 Å². The number of aromatic amines is 1. The summed E-state index contributed by atoms with van der Waals surface area (Å²) >= 11 is 4.40. The Bertz CT molecular complexity index is 949. The van der Waals surface area contributed by atoms with Gasteiger partial charge in [0.1, 0.15) is 11.6 Å². The lowest BCUT2D eigenvalue weighted by molar-refractivity contribution is -0.143. The minimum Gasteiger partial charge on any atom is -0.480 e. The number of carboxylic acids is 1. The SMILES string of the molecule is CC(C)C[C@H](S)C(=O)NC1(C(=O)N[C@@H](Cc2c[nH]c3ccccc23)C(=O)O)CCCC1. The van der Waals surface area contributed by atoms with E-state index in [-0.39, 0.29) is 12.3 Å². The molecule has 0 bridgehead atoms. The maximum Gasteiger partial charge on any atom is 0.326 e. The van der Waals surface area contributed by atoms with Crippen molar-refractivity contribution in [3.05, 3.63) is 36.0 Å². The minimum absolute atomic E-state index is 0.150. The number of aliphatic carboxylic acids is 1.